The van der Waals surface area contributed by atoms with E-state index in [-0.39, 0.29) is 0 Å². The van der Waals surface area contributed by atoms with Gasteiger partial charge in [-0.3, -0.25) is 0 Å². The van der Waals surface area contributed by atoms with Crippen LogP contribution < -0.4 is 10.6 Å². The van der Waals surface area contributed by atoms with E-state index < -0.39 is 0 Å². The first-order valence-corrected chi connectivity index (χ1v) is 8.65. The van der Waals surface area contributed by atoms with Crippen LogP contribution in [0.1, 0.15) is 11.1 Å². The van der Waals surface area contributed by atoms with Gasteiger partial charge in [0.05, 0.1) is 11.6 Å². The monoisotopic (exact) mass is 318 g/mol. The molecule has 3 aliphatic rings. The number of allylic oxidation sites excluding steroid dienone is 4. The van der Waals surface area contributed by atoms with Crippen molar-refractivity contribution in [3.8, 4) is 6.07 Å². The summed E-state index contributed by atoms with van der Waals surface area (Å²) in [5.74, 6) is 0.915. The fourth-order valence-corrected chi connectivity index (χ4v) is 3.84. The predicted molar refractivity (Wildman–Crippen MR) is 95.8 cm³/mol. The molecule has 2 aliphatic heterocycles. The summed E-state index contributed by atoms with van der Waals surface area (Å²) in [5.41, 5.74) is 4.51. The second-order valence-corrected chi connectivity index (χ2v) is 6.57. The summed E-state index contributed by atoms with van der Waals surface area (Å²) in [4.78, 5) is 2.52. The summed E-state index contributed by atoms with van der Waals surface area (Å²) in [6, 6.07) is 10.2. The average molecular weight is 318 g/mol. The van der Waals surface area contributed by atoms with Crippen LogP contribution in [0.2, 0.25) is 0 Å². The molecule has 2 N–H and O–H groups in total. The zero-order chi connectivity index (χ0) is 16.4. The van der Waals surface area contributed by atoms with Gasteiger partial charge < -0.3 is 15.5 Å². The van der Waals surface area contributed by atoms with E-state index in [9.17, 15) is 5.26 Å². The Morgan fingerprint density at radius 1 is 1.21 bits per heavy atom. The van der Waals surface area contributed by atoms with Crippen molar-refractivity contribution in [1.82, 2.24) is 15.5 Å². The Bertz CT molecular complexity index is 747. The number of rotatable bonds is 2. The van der Waals surface area contributed by atoms with Gasteiger partial charge in [-0.25, -0.2) is 0 Å². The third-order valence-electron chi connectivity index (χ3n) is 5.10. The lowest BCUT2D eigenvalue weighted by Crippen LogP contribution is -2.47. The summed E-state index contributed by atoms with van der Waals surface area (Å²) in [7, 11) is 0. The molecule has 0 saturated carbocycles. The van der Waals surface area contributed by atoms with Crippen molar-refractivity contribution in [2.45, 2.75) is 0 Å². The first-order chi connectivity index (χ1) is 11.8. The molecule has 1 aliphatic carbocycles. The van der Waals surface area contributed by atoms with Gasteiger partial charge in [0.25, 0.3) is 0 Å². The van der Waals surface area contributed by atoms with Crippen LogP contribution in [0.5, 0.6) is 0 Å². The maximum absolute atomic E-state index is 9.18. The summed E-state index contributed by atoms with van der Waals surface area (Å²) in [6.45, 7) is 5.19. The fraction of sp³-hybridized carbons (Fsp3) is 0.350. The highest BCUT2D eigenvalue weighted by Gasteiger charge is 2.31. The number of nitrogens with one attached hydrogen (secondary N) is 2. The molecule has 1 saturated heterocycles. The number of benzene rings is 1. The molecule has 2 heterocycles. The van der Waals surface area contributed by atoms with Crippen LogP contribution in [-0.4, -0.2) is 37.6 Å². The van der Waals surface area contributed by atoms with Gasteiger partial charge in [-0.15, -0.1) is 0 Å². The van der Waals surface area contributed by atoms with Gasteiger partial charge in [-0.05, 0) is 35.5 Å². The Kier molecular flexibility index (Phi) is 4.10. The molecule has 0 amide bonds. The molecule has 0 spiro atoms. The van der Waals surface area contributed by atoms with Crippen LogP contribution in [0.4, 0.5) is 0 Å². The molecule has 0 radical (unpaired) electrons. The molecule has 1 fully saturated rings. The molecule has 24 heavy (non-hydrogen) atoms. The first-order valence-electron chi connectivity index (χ1n) is 8.65. The highest BCUT2D eigenvalue weighted by atomic mass is 15.2. The summed E-state index contributed by atoms with van der Waals surface area (Å²) in [5, 5.41) is 16.0. The molecule has 1 aromatic rings. The highest BCUT2D eigenvalue weighted by Crippen LogP contribution is 2.37. The number of fused-ring (bicyclic) bond motifs is 1. The molecule has 122 valence electrons. The molecule has 1 aromatic carbocycles. The molecule has 2 unspecified atom stereocenters. The zero-order valence-corrected chi connectivity index (χ0v) is 13.7. The van der Waals surface area contributed by atoms with Crippen LogP contribution in [-0.2, 0) is 0 Å². The highest BCUT2D eigenvalue weighted by molar-refractivity contribution is 5.77. The van der Waals surface area contributed by atoms with Gasteiger partial charge in [0.15, 0.2) is 0 Å². The van der Waals surface area contributed by atoms with Gasteiger partial charge in [0.2, 0.25) is 0 Å². The van der Waals surface area contributed by atoms with Crippen LogP contribution in [0.15, 0.2) is 54.4 Å². The van der Waals surface area contributed by atoms with Gasteiger partial charge in [-0.2, -0.15) is 5.26 Å². The second kappa shape index (κ2) is 6.54. The molecule has 0 bridgehead atoms. The van der Waals surface area contributed by atoms with Gasteiger partial charge >= 0.3 is 0 Å². The van der Waals surface area contributed by atoms with Crippen LogP contribution in [0.25, 0.3) is 5.57 Å². The lowest BCUT2D eigenvalue weighted by molar-refractivity contribution is 0.251. The van der Waals surface area contributed by atoms with Crippen molar-refractivity contribution in [2.24, 2.45) is 11.8 Å². The number of nitriles is 1. The normalized spacial score (nSPS) is 25.9. The van der Waals surface area contributed by atoms with E-state index in [1.54, 1.807) is 0 Å². The number of piperazine rings is 1. The Labute approximate surface area is 143 Å². The maximum atomic E-state index is 9.18. The second-order valence-electron chi connectivity index (χ2n) is 6.57. The van der Waals surface area contributed by atoms with Crippen molar-refractivity contribution in [3.05, 3.63) is 65.5 Å². The zero-order valence-electron chi connectivity index (χ0n) is 13.7. The van der Waals surface area contributed by atoms with Crippen molar-refractivity contribution in [3.63, 3.8) is 0 Å². The minimum atomic E-state index is 0.418. The molecule has 0 aromatic heterocycles. The minimum absolute atomic E-state index is 0.418. The van der Waals surface area contributed by atoms with E-state index in [1.807, 2.05) is 18.2 Å². The molecular formula is C20H22N4. The summed E-state index contributed by atoms with van der Waals surface area (Å²) in [6.07, 6.45) is 9.02. The Balaban J connectivity index is 1.73. The third-order valence-corrected chi connectivity index (χ3v) is 5.10. The van der Waals surface area contributed by atoms with Crippen molar-refractivity contribution in [2.75, 3.05) is 32.7 Å². The minimum Gasteiger partial charge on any atom is -0.390 e. The SMILES string of the molecule is N#Cc1cccc(C2=CC3C=CNCC3C(N3CCNCC3)=C2)c1. The van der Waals surface area contributed by atoms with Gasteiger partial charge in [-0.1, -0.05) is 24.3 Å². The number of hydrogen-bond donors (Lipinski definition) is 2. The van der Waals surface area contributed by atoms with Crippen molar-refractivity contribution in [1.29, 1.82) is 5.26 Å². The van der Waals surface area contributed by atoms with Crippen LogP contribution in [0, 0.1) is 23.2 Å². The Hall–Kier alpha value is -2.51. The largest absolute Gasteiger partial charge is 0.390 e. The molecule has 4 heteroatoms. The molecule has 4 nitrogen and oxygen atoms in total. The number of nitrogens with zero attached hydrogens (tertiary/aromatic N) is 2. The lowest BCUT2D eigenvalue weighted by Gasteiger charge is -2.41. The Morgan fingerprint density at radius 2 is 2.08 bits per heavy atom. The third kappa shape index (κ3) is 2.83. The van der Waals surface area contributed by atoms with Gasteiger partial charge in [0, 0.05) is 50.3 Å². The standard InChI is InChI=1S/C20H22N4/c21-13-15-2-1-3-16(10-15)18-11-17-4-5-23-14-19(17)20(12-18)24-8-6-22-7-9-24/h1-5,10-12,17,19,22-23H,6-9,14H2. The number of hydrogen-bond acceptors (Lipinski definition) is 4. The van der Waals surface area contributed by atoms with E-state index in [2.05, 4.69) is 52.1 Å². The first kappa shape index (κ1) is 15.0. The fourth-order valence-electron chi connectivity index (χ4n) is 3.84. The molecular weight excluding hydrogens is 296 g/mol. The Morgan fingerprint density at radius 3 is 2.92 bits per heavy atom. The quantitative estimate of drug-likeness (QED) is 0.877. The van der Waals surface area contributed by atoms with E-state index >= 15 is 0 Å². The van der Waals surface area contributed by atoms with Gasteiger partial charge in [0.1, 0.15) is 0 Å². The summed E-state index contributed by atoms with van der Waals surface area (Å²) < 4.78 is 0. The lowest BCUT2D eigenvalue weighted by atomic mass is 9.79. The smallest absolute Gasteiger partial charge is 0.0991 e. The van der Waals surface area contributed by atoms with Crippen molar-refractivity contribution >= 4 is 5.57 Å². The predicted octanol–water partition coefficient (Wildman–Crippen LogP) is 2.09. The topological polar surface area (TPSA) is 51.1 Å². The maximum Gasteiger partial charge on any atom is 0.0991 e. The van der Waals surface area contributed by atoms with Crippen molar-refractivity contribution < 1.29 is 0 Å². The van der Waals surface area contributed by atoms with E-state index in [0.717, 1.165) is 38.3 Å². The van der Waals surface area contributed by atoms with E-state index in [4.69, 9.17) is 0 Å². The van der Waals surface area contributed by atoms with E-state index in [0.29, 0.717) is 17.4 Å². The van der Waals surface area contributed by atoms with Crippen LogP contribution >= 0.6 is 0 Å². The van der Waals surface area contributed by atoms with E-state index in [1.165, 1.54) is 11.3 Å². The molecule has 4 rings (SSSR count). The average Bonchev–Trinajstić information content (AvgIpc) is 2.68. The van der Waals surface area contributed by atoms with Crippen LogP contribution in [0.3, 0.4) is 0 Å². The summed E-state index contributed by atoms with van der Waals surface area (Å²) >= 11 is 0. The molecule has 2 atom stereocenters.